The van der Waals surface area contributed by atoms with E-state index in [4.69, 9.17) is 0 Å². The summed E-state index contributed by atoms with van der Waals surface area (Å²) < 4.78 is 1.97. The minimum absolute atomic E-state index is 0.137. The van der Waals surface area contributed by atoms with Crippen LogP contribution in [0.2, 0.25) is 0 Å². The SMILES string of the molecule is CN1CCC2(CC1)CN(C(=O)Cn1ccnc1-c1ccccc1)CCN2C. The fourth-order valence-electron chi connectivity index (χ4n) is 4.38. The molecule has 27 heavy (non-hydrogen) atoms. The number of hydrogen-bond donors (Lipinski definition) is 0. The molecule has 1 aromatic carbocycles. The van der Waals surface area contributed by atoms with Crippen LogP contribution in [0.1, 0.15) is 12.8 Å². The van der Waals surface area contributed by atoms with Crippen LogP contribution in [-0.4, -0.2) is 82.5 Å². The summed E-state index contributed by atoms with van der Waals surface area (Å²) in [6.45, 7) is 5.15. The van der Waals surface area contributed by atoms with E-state index in [0.717, 1.165) is 57.0 Å². The Balaban J connectivity index is 1.47. The van der Waals surface area contributed by atoms with Crippen LogP contribution in [0.4, 0.5) is 0 Å². The predicted octanol–water partition coefficient (Wildman–Crippen LogP) is 1.79. The fourth-order valence-corrected chi connectivity index (χ4v) is 4.38. The molecule has 144 valence electrons. The van der Waals surface area contributed by atoms with E-state index in [0.29, 0.717) is 6.54 Å². The van der Waals surface area contributed by atoms with Gasteiger partial charge in [-0.3, -0.25) is 9.69 Å². The number of carbonyl (C=O) groups excluding carboxylic acids is 1. The van der Waals surface area contributed by atoms with Crippen LogP contribution in [0.3, 0.4) is 0 Å². The summed E-state index contributed by atoms with van der Waals surface area (Å²) in [4.78, 5) is 24.5. The third-order valence-electron chi connectivity index (χ3n) is 6.32. The lowest BCUT2D eigenvalue weighted by Gasteiger charge is -2.52. The average molecular weight is 367 g/mol. The van der Waals surface area contributed by atoms with Gasteiger partial charge in [0.05, 0.1) is 0 Å². The molecule has 1 amide bonds. The minimum atomic E-state index is 0.137. The van der Waals surface area contributed by atoms with Gasteiger partial charge >= 0.3 is 0 Å². The Morgan fingerprint density at radius 1 is 1.07 bits per heavy atom. The van der Waals surface area contributed by atoms with E-state index in [1.807, 2.05) is 41.1 Å². The van der Waals surface area contributed by atoms with Gasteiger partial charge in [-0.15, -0.1) is 0 Å². The van der Waals surface area contributed by atoms with Gasteiger partial charge in [-0.1, -0.05) is 30.3 Å². The Morgan fingerprint density at radius 3 is 2.56 bits per heavy atom. The van der Waals surface area contributed by atoms with E-state index in [-0.39, 0.29) is 11.4 Å². The Morgan fingerprint density at radius 2 is 1.81 bits per heavy atom. The van der Waals surface area contributed by atoms with Crippen LogP contribution in [0, 0.1) is 0 Å². The molecule has 1 spiro atoms. The first-order chi connectivity index (χ1) is 13.1. The van der Waals surface area contributed by atoms with Gasteiger partial charge in [-0.25, -0.2) is 4.98 Å². The molecule has 6 nitrogen and oxygen atoms in total. The van der Waals surface area contributed by atoms with E-state index in [9.17, 15) is 4.79 Å². The second-order valence-corrected chi connectivity index (χ2v) is 8.01. The first kappa shape index (κ1) is 18.2. The minimum Gasteiger partial charge on any atom is -0.338 e. The lowest BCUT2D eigenvalue weighted by molar-refractivity contribution is -0.138. The molecule has 0 bridgehead atoms. The van der Waals surface area contributed by atoms with Crippen LogP contribution in [0.15, 0.2) is 42.7 Å². The zero-order valence-electron chi connectivity index (χ0n) is 16.3. The highest BCUT2D eigenvalue weighted by atomic mass is 16.2. The quantitative estimate of drug-likeness (QED) is 0.830. The van der Waals surface area contributed by atoms with Crippen molar-refractivity contribution < 1.29 is 4.79 Å². The van der Waals surface area contributed by atoms with Gasteiger partial charge in [0.15, 0.2) is 0 Å². The zero-order chi connectivity index (χ0) is 18.9. The summed E-state index contributed by atoms with van der Waals surface area (Å²) in [6, 6.07) is 10.1. The number of rotatable bonds is 3. The van der Waals surface area contributed by atoms with Gasteiger partial charge in [0, 0.05) is 43.1 Å². The van der Waals surface area contributed by atoms with Crippen LogP contribution in [0.5, 0.6) is 0 Å². The summed E-state index contributed by atoms with van der Waals surface area (Å²) in [6.07, 6.45) is 5.94. The van der Waals surface area contributed by atoms with Crippen molar-refractivity contribution in [2.75, 3.05) is 46.8 Å². The van der Waals surface area contributed by atoms with Gasteiger partial charge < -0.3 is 14.4 Å². The van der Waals surface area contributed by atoms with Gasteiger partial charge in [-0.2, -0.15) is 0 Å². The van der Waals surface area contributed by atoms with Crippen LogP contribution in [0.25, 0.3) is 11.4 Å². The maximum Gasteiger partial charge on any atom is 0.242 e. The largest absolute Gasteiger partial charge is 0.338 e. The third kappa shape index (κ3) is 3.64. The molecular weight excluding hydrogens is 338 g/mol. The molecule has 1 aromatic heterocycles. The normalized spacial score (nSPS) is 20.9. The van der Waals surface area contributed by atoms with Gasteiger partial charge in [-0.05, 0) is 40.0 Å². The summed E-state index contributed by atoms with van der Waals surface area (Å²) >= 11 is 0. The van der Waals surface area contributed by atoms with Crippen LogP contribution < -0.4 is 0 Å². The molecule has 0 radical (unpaired) electrons. The van der Waals surface area contributed by atoms with Crippen LogP contribution in [-0.2, 0) is 11.3 Å². The topological polar surface area (TPSA) is 44.6 Å². The molecule has 0 saturated carbocycles. The molecule has 2 aromatic rings. The van der Waals surface area contributed by atoms with Crippen molar-refractivity contribution in [3.05, 3.63) is 42.7 Å². The maximum atomic E-state index is 13.1. The fraction of sp³-hybridized carbons (Fsp3) is 0.524. The summed E-state index contributed by atoms with van der Waals surface area (Å²) in [7, 11) is 4.40. The maximum absolute atomic E-state index is 13.1. The predicted molar refractivity (Wildman–Crippen MR) is 106 cm³/mol. The molecule has 0 N–H and O–H groups in total. The second kappa shape index (κ2) is 7.44. The molecule has 2 aliphatic rings. The van der Waals surface area contributed by atoms with E-state index < -0.39 is 0 Å². The molecule has 0 atom stereocenters. The highest BCUT2D eigenvalue weighted by molar-refractivity contribution is 5.77. The molecule has 0 aliphatic carbocycles. The summed E-state index contributed by atoms with van der Waals surface area (Å²) in [5.74, 6) is 1.05. The van der Waals surface area contributed by atoms with Crippen molar-refractivity contribution in [1.29, 1.82) is 0 Å². The molecule has 0 unspecified atom stereocenters. The van der Waals surface area contributed by atoms with Gasteiger partial charge in [0.1, 0.15) is 12.4 Å². The molecular formula is C21H29N5O. The highest BCUT2D eigenvalue weighted by Gasteiger charge is 2.42. The standard InChI is InChI=1S/C21H29N5O/c1-23-11-8-21(9-12-23)17-26(15-14-24(21)2)19(27)16-25-13-10-22-20(25)18-6-4-3-5-7-18/h3-7,10,13H,8-9,11-12,14-17H2,1-2H3. The Hall–Kier alpha value is -2.18. The smallest absolute Gasteiger partial charge is 0.242 e. The molecule has 2 fully saturated rings. The number of aromatic nitrogens is 2. The highest BCUT2D eigenvalue weighted by Crippen LogP contribution is 2.31. The third-order valence-corrected chi connectivity index (χ3v) is 6.32. The lowest BCUT2D eigenvalue weighted by Crippen LogP contribution is -2.65. The monoisotopic (exact) mass is 367 g/mol. The van der Waals surface area contributed by atoms with Crippen molar-refractivity contribution in [1.82, 2.24) is 24.3 Å². The van der Waals surface area contributed by atoms with E-state index in [2.05, 4.69) is 33.8 Å². The summed E-state index contributed by atoms with van der Waals surface area (Å²) in [5, 5.41) is 0. The number of benzene rings is 1. The number of carbonyl (C=O) groups is 1. The van der Waals surface area contributed by atoms with E-state index >= 15 is 0 Å². The second-order valence-electron chi connectivity index (χ2n) is 8.01. The number of hydrogen-bond acceptors (Lipinski definition) is 4. The van der Waals surface area contributed by atoms with Crippen molar-refractivity contribution in [2.45, 2.75) is 24.9 Å². The van der Waals surface area contributed by atoms with Crippen molar-refractivity contribution >= 4 is 5.91 Å². The summed E-state index contributed by atoms with van der Waals surface area (Å²) in [5.41, 5.74) is 1.18. The van der Waals surface area contributed by atoms with Crippen molar-refractivity contribution in [3.63, 3.8) is 0 Å². The zero-order valence-corrected chi connectivity index (χ0v) is 16.3. The number of nitrogens with zero attached hydrogens (tertiary/aromatic N) is 5. The number of amides is 1. The number of piperazine rings is 1. The van der Waals surface area contributed by atoms with E-state index in [1.54, 1.807) is 6.20 Å². The average Bonchev–Trinajstić information content (AvgIpc) is 3.15. The lowest BCUT2D eigenvalue weighted by atomic mass is 9.84. The Kier molecular flexibility index (Phi) is 5.02. The molecule has 2 saturated heterocycles. The van der Waals surface area contributed by atoms with Crippen LogP contribution >= 0.6 is 0 Å². The molecule has 6 heteroatoms. The van der Waals surface area contributed by atoms with Gasteiger partial charge in [0.25, 0.3) is 0 Å². The van der Waals surface area contributed by atoms with Gasteiger partial charge in [0.2, 0.25) is 5.91 Å². The van der Waals surface area contributed by atoms with E-state index in [1.165, 1.54) is 0 Å². The molecule has 4 rings (SSSR count). The number of likely N-dealkylation sites (N-methyl/N-ethyl adjacent to an activating group) is 1. The van der Waals surface area contributed by atoms with Crippen molar-refractivity contribution in [2.24, 2.45) is 0 Å². The first-order valence-electron chi connectivity index (χ1n) is 9.81. The molecule has 2 aliphatic heterocycles. The number of imidazole rings is 1. The number of likely N-dealkylation sites (tertiary alicyclic amines) is 1. The first-order valence-corrected chi connectivity index (χ1v) is 9.81. The molecule has 3 heterocycles. The Bertz CT molecular complexity index is 779. The van der Waals surface area contributed by atoms with Crippen molar-refractivity contribution in [3.8, 4) is 11.4 Å². The number of piperidine rings is 1. The Labute approximate surface area is 161 Å².